The molecule has 172 valence electrons. The fourth-order valence-electron chi connectivity index (χ4n) is 3.00. The number of nitrogens with zero attached hydrogens (tertiary/aromatic N) is 5. The molecule has 0 aliphatic carbocycles. The minimum absolute atomic E-state index is 0.0117. The number of rotatable bonds is 7. The summed E-state index contributed by atoms with van der Waals surface area (Å²) in [6.45, 7) is 7.15. The average molecular weight is 487 g/mol. The number of pyridine rings is 1. The molecule has 9 nitrogen and oxygen atoms in total. The second-order valence-electron chi connectivity index (χ2n) is 7.69. The molecular formula is C22H23ClN6O3S. The van der Waals surface area contributed by atoms with Crippen molar-refractivity contribution in [2.75, 3.05) is 5.75 Å². The van der Waals surface area contributed by atoms with Gasteiger partial charge in [0.1, 0.15) is 6.07 Å². The Labute approximate surface area is 197 Å². The Kier molecular flexibility index (Phi) is 7.15. The predicted octanol–water partition coefficient (Wildman–Crippen LogP) is 3.60. The van der Waals surface area contributed by atoms with Crippen LogP contribution in [0.5, 0.6) is 0 Å². The van der Waals surface area contributed by atoms with E-state index in [1.807, 2.05) is 19.9 Å². The first-order valence-corrected chi connectivity index (χ1v) is 12.3. The molecule has 2 aromatic heterocycles. The van der Waals surface area contributed by atoms with Gasteiger partial charge in [0.25, 0.3) is 5.91 Å². The number of hydrogen-bond acceptors (Lipinski definition) is 7. The number of amides is 1. The lowest BCUT2D eigenvalue weighted by Gasteiger charge is -2.15. The SMILES string of the molecule is CCS(=O)(=O)c1cc(Cl)cc(C(=O)N[C@@H](C)c2nc(C(C)C)nn2-c2ccc(C#N)cn2)c1. The number of nitrogens with one attached hydrogen (secondary N) is 1. The summed E-state index contributed by atoms with van der Waals surface area (Å²) < 4.78 is 26.0. The van der Waals surface area contributed by atoms with Crippen molar-refractivity contribution < 1.29 is 13.2 Å². The topological polar surface area (TPSA) is 131 Å². The molecule has 0 radical (unpaired) electrons. The van der Waals surface area contributed by atoms with E-state index in [2.05, 4.69) is 20.4 Å². The molecule has 2 heterocycles. The third kappa shape index (κ3) is 5.38. The first kappa shape index (κ1) is 24.4. The molecule has 1 N–H and O–H groups in total. The van der Waals surface area contributed by atoms with Gasteiger partial charge in [-0.1, -0.05) is 32.4 Å². The van der Waals surface area contributed by atoms with Crippen molar-refractivity contribution in [1.29, 1.82) is 5.26 Å². The third-order valence-corrected chi connectivity index (χ3v) is 6.80. The van der Waals surface area contributed by atoms with Crippen LogP contribution in [0.2, 0.25) is 5.02 Å². The van der Waals surface area contributed by atoms with Gasteiger partial charge in [0.15, 0.2) is 27.3 Å². The van der Waals surface area contributed by atoms with Crippen LogP contribution in [0.4, 0.5) is 0 Å². The van der Waals surface area contributed by atoms with E-state index >= 15 is 0 Å². The highest BCUT2D eigenvalue weighted by molar-refractivity contribution is 7.91. The summed E-state index contributed by atoms with van der Waals surface area (Å²) in [5.74, 6) is 0.864. The zero-order valence-corrected chi connectivity index (χ0v) is 20.1. The maximum absolute atomic E-state index is 12.9. The highest BCUT2D eigenvalue weighted by Crippen LogP contribution is 2.22. The number of sulfone groups is 1. The first-order valence-electron chi connectivity index (χ1n) is 10.2. The van der Waals surface area contributed by atoms with Crippen LogP contribution in [0.3, 0.4) is 0 Å². The van der Waals surface area contributed by atoms with Crippen LogP contribution in [-0.4, -0.2) is 39.8 Å². The van der Waals surface area contributed by atoms with Crippen LogP contribution in [-0.2, 0) is 9.84 Å². The first-order chi connectivity index (χ1) is 15.6. The van der Waals surface area contributed by atoms with Gasteiger partial charge in [-0.25, -0.2) is 18.4 Å². The highest BCUT2D eigenvalue weighted by atomic mass is 35.5. The lowest BCUT2D eigenvalue weighted by molar-refractivity contribution is 0.0937. The molecule has 0 unspecified atom stereocenters. The Bertz CT molecular complexity index is 1330. The third-order valence-electron chi connectivity index (χ3n) is 4.87. The maximum Gasteiger partial charge on any atom is 0.251 e. The van der Waals surface area contributed by atoms with E-state index in [9.17, 15) is 13.2 Å². The minimum Gasteiger partial charge on any atom is -0.342 e. The van der Waals surface area contributed by atoms with E-state index in [4.69, 9.17) is 16.9 Å². The quantitative estimate of drug-likeness (QED) is 0.539. The lowest BCUT2D eigenvalue weighted by atomic mass is 10.2. The Morgan fingerprint density at radius 2 is 1.97 bits per heavy atom. The van der Waals surface area contributed by atoms with Crippen LogP contribution in [0.25, 0.3) is 5.82 Å². The zero-order chi connectivity index (χ0) is 24.3. The van der Waals surface area contributed by atoms with Gasteiger partial charge in [-0.05, 0) is 37.3 Å². The van der Waals surface area contributed by atoms with Gasteiger partial charge in [0.05, 0.1) is 22.3 Å². The smallest absolute Gasteiger partial charge is 0.251 e. The standard InChI is InChI=1S/C22H23ClN6O3S/c1-5-33(31,32)18-9-16(8-17(23)10-18)22(30)26-14(4)21-27-20(13(2)3)28-29(21)19-7-6-15(11-24)12-25-19/h6-10,12-14H,5H2,1-4H3,(H,26,30)/t14-/m0/s1. The largest absolute Gasteiger partial charge is 0.342 e. The number of nitriles is 1. The van der Waals surface area contributed by atoms with Crippen molar-refractivity contribution in [2.24, 2.45) is 0 Å². The van der Waals surface area contributed by atoms with E-state index < -0.39 is 21.8 Å². The van der Waals surface area contributed by atoms with E-state index in [0.29, 0.717) is 23.0 Å². The molecule has 1 aromatic carbocycles. The van der Waals surface area contributed by atoms with Gasteiger partial charge in [0, 0.05) is 22.7 Å². The van der Waals surface area contributed by atoms with Crippen molar-refractivity contribution in [2.45, 2.75) is 44.6 Å². The molecular weight excluding hydrogens is 464 g/mol. The van der Waals surface area contributed by atoms with Gasteiger partial charge >= 0.3 is 0 Å². The van der Waals surface area contributed by atoms with Gasteiger partial charge < -0.3 is 5.32 Å². The molecule has 33 heavy (non-hydrogen) atoms. The molecule has 1 amide bonds. The Balaban J connectivity index is 1.95. The number of hydrogen-bond donors (Lipinski definition) is 1. The van der Waals surface area contributed by atoms with Gasteiger partial charge in [-0.2, -0.15) is 9.94 Å². The van der Waals surface area contributed by atoms with Crippen molar-refractivity contribution in [1.82, 2.24) is 25.1 Å². The summed E-state index contributed by atoms with van der Waals surface area (Å²) in [7, 11) is -3.53. The molecule has 3 rings (SSSR count). The fraction of sp³-hybridized carbons (Fsp3) is 0.318. The summed E-state index contributed by atoms with van der Waals surface area (Å²) in [6.07, 6.45) is 1.43. The van der Waals surface area contributed by atoms with Gasteiger partial charge in [0.2, 0.25) is 0 Å². The number of aromatic nitrogens is 4. The molecule has 0 bridgehead atoms. The Morgan fingerprint density at radius 3 is 2.55 bits per heavy atom. The number of halogens is 1. The molecule has 0 saturated heterocycles. The molecule has 0 aliphatic rings. The zero-order valence-electron chi connectivity index (χ0n) is 18.6. The molecule has 0 fully saturated rings. The maximum atomic E-state index is 12.9. The summed E-state index contributed by atoms with van der Waals surface area (Å²) in [4.78, 5) is 21.8. The average Bonchev–Trinajstić information content (AvgIpc) is 3.24. The van der Waals surface area contributed by atoms with Crippen LogP contribution >= 0.6 is 11.6 Å². The second-order valence-corrected chi connectivity index (χ2v) is 10.4. The summed E-state index contributed by atoms with van der Waals surface area (Å²) in [6, 6.07) is 8.72. The van der Waals surface area contributed by atoms with Crippen molar-refractivity contribution >= 4 is 27.3 Å². The predicted molar refractivity (Wildman–Crippen MR) is 123 cm³/mol. The van der Waals surface area contributed by atoms with E-state index in [1.54, 1.807) is 19.1 Å². The van der Waals surface area contributed by atoms with E-state index in [0.717, 1.165) is 0 Å². The molecule has 0 spiro atoms. The van der Waals surface area contributed by atoms with Crippen molar-refractivity contribution in [3.63, 3.8) is 0 Å². The summed E-state index contributed by atoms with van der Waals surface area (Å²) >= 11 is 6.08. The Morgan fingerprint density at radius 1 is 1.24 bits per heavy atom. The summed E-state index contributed by atoms with van der Waals surface area (Å²) in [5.41, 5.74) is 0.526. The van der Waals surface area contributed by atoms with Crippen molar-refractivity contribution in [3.8, 4) is 11.9 Å². The second kappa shape index (κ2) is 9.68. The lowest BCUT2D eigenvalue weighted by Crippen LogP contribution is -2.29. The fourth-order valence-corrected chi connectivity index (χ4v) is 4.24. The monoisotopic (exact) mass is 486 g/mol. The van der Waals surface area contributed by atoms with Gasteiger partial charge in [-0.15, -0.1) is 5.10 Å². The molecule has 1 atom stereocenters. The highest BCUT2D eigenvalue weighted by Gasteiger charge is 2.23. The Hall–Kier alpha value is -3.29. The van der Waals surface area contributed by atoms with Crippen molar-refractivity contribution in [3.05, 3.63) is 64.3 Å². The number of carbonyl (C=O) groups is 1. The van der Waals surface area contributed by atoms with E-state index in [-0.39, 0.29) is 27.2 Å². The van der Waals surface area contributed by atoms with Crippen LogP contribution in [0, 0.1) is 11.3 Å². The number of benzene rings is 1. The molecule has 0 saturated carbocycles. The molecule has 0 aliphatic heterocycles. The van der Waals surface area contributed by atoms with Crippen LogP contribution < -0.4 is 5.32 Å². The minimum atomic E-state index is -3.53. The molecule has 3 aromatic rings. The normalized spacial score (nSPS) is 12.4. The van der Waals surface area contributed by atoms with Crippen LogP contribution in [0.15, 0.2) is 41.4 Å². The van der Waals surface area contributed by atoms with E-state index in [1.165, 1.54) is 36.0 Å². The van der Waals surface area contributed by atoms with Gasteiger partial charge in [-0.3, -0.25) is 4.79 Å². The van der Waals surface area contributed by atoms with Crippen LogP contribution in [0.1, 0.15) is 67.2 Å². The number of carbonyl (C=O) groups excluding carboxylic acids is 1. The summed E-state index contributed by atoms with van der Waals surface area (Å²) in [5, 5.41) is 16.5. The molecule has 11 heteroatoms.